The molecule has 0 bridgehead atoms. The van der Waals surface area contributed by atoms with Crippen LogP contribution in [-0.2, 0) is 4.74 Å². The van der Waals surface area contributed by atoms with E-state index in [0.29, 0.717) is 12.2 Å². The number of rotatable bonds is 3. The Morgan fingerprint density at radius 2 is 2.00 bits per heavy atom. The smallest absolute Gasteiger partial charge is 0.146 e. The molecule has 2 heterocycles. The zero-order valence-corrected chi connectivity index (χ0v) is 12.6. The van der Waals surface area contributed by atoms with E-state index in [0.717, 1.165) is 39.2 Å². The van der Waals surface area contributed by atoms with Crippen LogP contribution in [0.15, 0.2) is 24.3 Å². The van der Waals surface area contributed by atoms with Crippen LogP contribution in [0.1, 0.15) is 13.3 Å². The van der Waals surface area contributed by atoms with E-state index in [4.69, 9.17) is 10.5 Å². The van der Waals surface area contributed by atoms with Gasteiger partial charge in [-0.15, -0.1) is 0 Å². The molecule has 2 unspecified atom stereocenters. The van der Waals surface area contributed by atoms with Gasteiger partial charge in [-0.2, -0.15) is 0 Å². The van der Waals surface area contributed by atoms with Crippen molar-refractivity contribution in [3.8, 4) is 0 Å². The summed E-state index contributed by atoms with van der Waals surface area (Å²) in [6.07, 6.45) is 1.16. The van der Waals surface area contributed by atoms with Crippen LogP contribution in [0.25, 0.3) is 0 Å². The van der Waals surface area contributed by atoms with Crippen molar-refractivity contribution in [2.45, 2.75) is 25.0 Å². The molecule has 2 saturated heterocycles. The molecule has 0 saturated carbocycles. The maximum absolute atomic E-state index is 13.9. The van der Waals surface area contributed by atoms with Gasteiger partial charge in [0.05, 0.1) is 17.3 Å². The number of nitrogens with zero attached hydrogens (tertiary/aromatic N) is 2. The van der Waals surface area contributed by atoms with Crippen LogP contribution in [0.2, 0.25) is 0 Å². The second-order valence-electron chi connectivity index (χ2n) is 6.00. The maximum Gasteiger partial charge on any atom is 0.146 e. The number of nitrogens with two attached hydrogens (primary N) is 1. The minimum Gasteiger partial charge on any atom is -0.376 e. The molecular weight excluding hydrogens is 269 g/mol. The normalized spacial score (nSPS) is 30.8. The SMILES string of the molecule is CC1OCCC1(CN)N1CCN(c2ccccc2F)CC1. The van der Waals surface area contributed by atoms with Crippen LogP contribution < -0.4 is 10.6 Å². The highest BCUT2D eigenvalue weighted by Gasteiger charge is 2.46. The second kappa shape index (κ2) is 5.91. The molecule has 21 heavy (non-hydrogen) atoms. The summed E-state index contributed by atoms with van der Waals surface area (Å²) in [5.41, 5.74) is 6.73. The van der Waals surface area contributed by atoms with Crippen LogP contribution in [0.5, 0.6) is 0 Å². The molecule has 0 aromatic heterocycles. The third-order valence-corrected chi connectivity index (χ3v) is 5.12. The summed E-state index contributed by atoms with van der Waals surface area (Å²) >= 11 is 0. The van der Waals surface area contributed by atoms with Crippen LogP contribution in [-0.4, -0.2) is 55.9 Å². The first-order valence-corrected chi connectivity index (χ1v) is 7.73. The van der Waals surface area contributed by atoms with Gasteiger partial charge in [-0.3, -0.25) is 4.90 Å². The van der Waals surface area contributed by atoms with Gasteiger partial charge >= 0.3 is 0 Å². The largest absolute Gasteiger partial charge is 0.376 e. The molecule has 2 N–H and O–H groups in total. The number of hydrogen-bond acceptors (Lipinski definition) is 4. The van der Waals surface area contributed by atoms with E-state index < -0.39 is 0 Å². The quantitative estimate of drug-likeness (QED) is 0.916. The third kappa shape index (κ3) is 2.54. The highest BCUT2D eigenvalue weighted by Crippen LogP contribution is 2.33. The monoisotopic (exact) mass is 293 g/mol. The first-order chi connectivity index (χ1) is 10.2. The molecule has 0 aliphatic carbocycles. The average molecular weight is 293 g/mol. The molecule has 0 radical (unpaired) electrons. The molecule has 0 amide bonds. The number of halogens is 1. The maximum atomic E-state index is 13.9. The van der Waals surface area contributed by atoms with Gasteiger partial charge in [0.1, 0.15) is 5.82 Å². The Morgan fingerprint density at radius 1 is 1.29 bits per heavy atom. The predicted molar refractivity (Wildman–Crippen MR) is 82.0 cm³/mol. The molecule has 4 nitrogen and oxygen atoms in total. The number of para-hydroxylation sites is 1. The van der Waals surface area contributed by atoms with Crippen LogP contribution in [0.4, 0.5) is 10.1 Å². The number of ether oxygens (including phenoxy) is 1. The van der Waals surface area contributed by atoms with Gasteiger partial charge in [-0.1, -0.05) is 12.1 Å². The Bertz CT molecular complexity index is 490. The fourth-order valence-corrected chi connectivity index (χ4v) is 3.68. The summed E-state index contributed by atoms with van der Waals surface area (Å²) in [6, 6.07) is 7.00. The summed E-state index contributed by atoms with van der Waals surface area (Å²) in [7, 11) is 0. The lowest BCUT2D eigenvalue weighted by atomic mass is 9.89. The third-order valence-electron chi connectivity index (χ3n) is 5.12. The highest BCUT2D eigenvalue weighted by molar-refractivity contribution is 5.48. The van der Waals surface area contributed by atoms with Gasteiger partial charge in [0, 0.05) is 39.3 Å². The lowest BCUT2D eigenvalue weighted by Crippen LogP contribution is -2.63. The summed E-state index contributed by atoms with van der Waals surface area (Å²) in [4.78, 5) is 4.57. The molecule has 2 aliphatic heterocycles. The molecule has 1 aromatic carbocycles. The van der Waals surface area contributed by atoms with Gasteiger partial charge in [0.2, 0.25) is 0 Å². The Balaban J connectivity index is 1.69. The van der Waals surface area contributed by atoms with Crippen molar-refractivity contribution in [2.24, 2.45) is 5.73 Å². The van der Waals surface area contributed by atoms with E-state index in [2.05, 4.69) is 16.7 Å². The van der Waals surface area contributed by atoms with Crippen molar-refractivity contribution < 1.29 is 9.13 Å². The molecule has 0 spiro atoms. The van der Waals surface area contributed by atoms with E-state index in [1.807, 2.05) is 12.1 Å². The molecule has 3 rings (SSSR count). The molecule has 5 heteroatoms. The van der Waals surface area contributed by atoms with Crippen molar-refractivity contribution in [3.05, 3.63) is 30.1 Å². The van der Waals surface area contributed by atoms with Crippen LogP contribution in [0.3, 0.4) is 0 Å². The van der Waals surface area contributed by atoms with Crippen LogP contribution in [0, 0.1) is 5.82 Å². The lowest BCUT2D eigenvalue weighted by molar-refractivity contribution is 0.0114. The fourth-order valence-electron chi connectivity index (χ4n) is 3.68. The topological polar surface area (TPSA) is 41.7 Å². The van der Waals surface area contributed by atoms with Gasteiger partial charge in [-0.05, 0) is 25.5 Å². The number of benzene rings is 1. The van der Waals surface area contributed by atoms with E-state index in [9.17, 15) is 4.39 Å². The summed E-state index contributed by atoms with van der Waals surface area (Å²) in [5.74, 6) is -0.142. The van der Waals surface area contributed by atoms with Crippen molar-refractivity contribution in [1.82, 2.24) is 4.90 Å². The molecule has 2 aliphatic rings. The Kier molecular flexibility index (Phi) is 4.15. The molecule has 116 valence electrons. The Morgan fingerprint density at radius 3 is 2.57 bits per heavy atom. The lowest BCUT2D eigenvalue weighted by Gasteiger charge is -2.47. The van der Waals surface area contributed by atoms with E-state index in [1.54, 1.807) is 6.07 Å². The van der Waals surface area contributed by atoms with Crippen molar-refractivity contribution in [1.29, 1.82) is 0 Å². The van der Waals surface area contributed by atoms with Crippen molar-refractivity contribution in [3.63, 3.8) is 0 Å². The van der Waals surface area contributed by atoms with E-state index >= 15 is 0 Å². The Hall–Kier alpha value is -1.17. The first kappa shape index (κ1) is 14.8. The summed E-state index contributed by atoms with van der Waals surface area (Å²) < 4.78 is 19.6. The fraction of sp³-hybridized carbons (Fsp3) is 0.625. The van der Waals surface area contributed by atoms with Gasteiger partial charge in [0.15, 0.2) is 0 Å². The highest BCUT2D eigenvalue weighted by atomic mass is 19.1. The van der Waals surface area contributed by atoms with Gasteiger partial charge in [0.25, 0.3) is 0 Å². The van der Waals surface area contributed by atoms with E-state index in [1.165, 1.54) is 6.07 Å². The van der Waals surface area contributed by atoms with Crippen molar-refractivity contribution in [2.75, 3.05) is 44.2 Å². The second-order valence-corrected chi connectivity index (χ2v) is 6.00. The zero-order chi connectivity index (χ0) is 14.9. The van der Waals surface area contributed by atoms with Crippen LogP contribution >= 0.6 is 0 Å². The molecule has 2 atom stereocenters. The zero-order valence-electron chi connectivity index (χ0n) is 12.6. The Labute approximate surface area is 125 Å². The van der Waals surface area contributed by atoms with Crippen molar-refractivity contribution >= 4 is 5.69 Å². The first-order valence-electron chi connectivity index (χ1n) is 7.73. The summed E-state index contributed by atoms with van der Waals surface area (Å²) in [6.45, 7) is 6.98. The number of piperazine rings is 1. The predicted octanol–water partition coefficient (Wildman–Crippen LogP) is 1.45. The minimum absolute atomic E-state index is 0.0404. The standard InChI is InChI=1S/C16H24FN3O/c1-13-16(12-18,6-11-21-13)20-9-7-19(8-10-20)15-5-3-2-4-14(15)17/h2-5,13H,6-12,18H2,1H3. The molecule has 1 aromatic rings. The molecular formula is C16H24FN3O. The molecule has 2 fully saturated rings. The number of hydrogen-bond donors (Lipinski definition) is 1. The van der Waals surface area contributed by atoms with Gasteiger partial charge < -0.3 is 15.4 Å². The average Bonchev–Trinajstić information content (AvgIpc) is 2.90. The van der Waals surface area contributed by atoms with E-state index in [-0.39, 0.29) is 17.5 Å². The summed E-state index contributed by atoms with van der Waals surface area (Å²) in [5, 5.41) is 0. The van der Waals surface area contributed by atoms with Gasteiger partial charge in [-0.25, -0.2) is 4.39 Å². The minimum atomic E-state index is -0.142. The number of anilines is 1.